The van der Waals surface area contributed by atoms with Crippen molar-refractivity contribution in [3.05, 3.63) is 23.3 Å². The maximum Gasteiger partial charge on any atom is 0.0704 e. The minimum absolute atomic E-state index is 0.113. The summed E-state index contributed by atoms with van der Waals surface area (Å²) in [6.45, 7) is 7.08. The first kappa shape index (κ1) is 15.0. The smallest absolute Gasteiger partial charge is 0.0704 e. The Kier molecular flexibility index (Phi) is 3.22. The van der Waals surface area contributed by atoms with Gasteiger partial charge < -0.3 is 5.11 Å². The molecule has 5 atom stereocenters. The summed E-state index contributed by atoms with van der Waals surface area (Å²) in [5.41, 5.74) is 3.53. The zero-order valence-corrected chi connectivity index (χ0v) is 14.6. The lowest BCUT2D eigenvalue weighted by molar-refractivity contribution is -0.0834. The predicted octanol–water partition coefficient (Wildman–Crippen LogP) is 5.40. The second-order valence-electron chi connectivity index (χ2n) is 8.91. The summed E-state index contributed by atoms with van der Waals surface area (Å²) in [4.78, 5) is 0. The van der Waals surface area contributed by atoms with E-state index in [0.717, 1.165) is 25.2 Å². The van der Waals surface area contributed by atoms with Crippen molar-refractivity contribution in [3.63, 3.8) is 0 Å². The lowest BCUT2D eigenvalue weighted by Gasteiger charge is -2.55. The summed E-state index contributed by atoms with van der Waals surface area (Å²) in [5.74, 6) is 1.44. The first-order valence-corrected chi connectivity index (χ1v) is 9.57. The van der Waals surface area contributed by atoms with Gasteiger partial charge in [0.25, 0.3) is 0 Å². The summed E-state index contributed by atoms with van der Waals surface area (Å²) < 4.78 is 0. The van der Waals surface area contributed by atoms with E-state index >= 15 is 0 Å². The topological polar surface area (TPSA) is 20.2 Å². The van der Waals surface area contributed by atoms with E-state index in [2.05, 4.69) is 32.9 Å². The van der Waals surface area contributed by atoms with Gasteiger partial charge in [-0.15, -0.1) is 0 Å². The van der Waals surface area contributed by atoms with Crippen LogP contribution in [-0.2, 0) is 0 Å². The molecule has 4 aliphatic rings. The van der Waals surface area contributed by atoms with Gasteiger partial charge in [0.05, 0.1) is 5.60 Å². The van der Waals surface area contributed by atoms with Crippen LogP contribution in [0.25, 0.3) is 0 Å². The zero-order valence-electron chi connectivity index (χ0n) is 14.6. The molecule has 0 spiro atoms. The minimum atomic E-state index is -0.427. The molecule has 4 rings (SSSR count). The fourth-order valence-corrected chi connectivity index (χ4v) is 6.73. The van der Waals surface area contributed by atoms with Gasteiger partial charge in [-0.05, 0) is 69.6 Å². The molecule has 0 saturated heterocycles. The fraction of sp³-hybridized carbons (Fsp3) is 0.810. The Bertz CT molecular complexity index is 544. The van der Waals surface area contributed by atoms with Gasteiger partial charge in [0, 0.05) is 10.8 Å². The number of rotatable bonds is 1. The van der Waals surface area contributed by atoms with Crippen molar-refractivity contribution < 1.29 is 5.11 Å². The Labute approximate surface area is 135 Å². The van der Waals surface area contributed by atoms with Crippen LogP contribution in [0.15, 0.2) is 23.3 Å². The molecule has 0 aliphatic heterocycles. The number of hydrogen-bond acceptors (Lipinski definition) is 1. The van der Waals surface area contributed by atoms with Gasteiger partial charge >= 0.3 is 0 Å². The molecule has 1 nitrogen and oxygen atoms in total. The zero-order chi connectivity index (χ0) is 15.6. The van der Waals surface area contributed by atoms with Crippen LogP contribution in [0.3, 0.4) is 0 Å². The van der Waals surface area contributed by atoms with Crippen LogP contribution in [0.2, 0.25) is 0 Å². The van der Waals surface area contributed by atoms with E-state index in [9.17, 15) is 5.11 Å². The molecule has 0 aromatic rings. The highest BCUT2D eigenvalue weighted by molar-refractivity contribution is 5.38. The molecule has 1 N–H and O–H groups in total. The van der Waals surface area contributed by atoms with E-state index in [1.54, 1.807) is 11.1 Å². The van der Waals surface area contributed by atoms with Gasteiger partial charge in [-0.25, -0.2) is 0 Å². The Morgan fingerprint density at radius 1 is 1.18 bits per heavy atom. The molecule has 0 aromatic heterocycles. The highest BCUT2D eigenvalue weighted by atomic mass is 16.3. The first-order valence-electron chi connectivity index (χ1n) is 9.57. The van der Waals surface area contributed by atoms with Crippen molar-refractivity contribution >= 4 is 0 Å². The second-order valence-corrected chi connectivity index (χ2v) is 8.91. The van der Waals surface area contributed by atoms with Gasteiger partial charge in [0.1, 0.15) is 0 Å². The van der Waals surface area contributed by atoms with Crippen LogP contribution < -0.4 is 0 Å². The van der Waals surface area contributed by atoms with Crippen molar-refractivity contribution in [1.29, 1.82) is 0 Å². The number of hydrogen-bond donors (Lipinski definition) is 1. The molecule has 22 heavy (non-hydrogen) atoms. The molecule has 0 amide bonds. The van der Waals surface area contributed by atoms with E-state index in [0.29, 0.717) is 11.3 Å². The van der Waals surface area contributed by atoms with Gasteiger partial charge in [-0.3, -0.25) is 0 Å². The molecule has 1 heteroatoms. The summed E-state index contributed by atoms with van der Waals surface area (Å²) in [7, 11) is 0. The van der Waals surface area contributed by atoms with Gasteiger partial charge in [0.2, 0.25) is 0 Å². The Hall–Kier alpha value is -0.560. The third-order valence-electron chi connectivity index (χ3n) is 8.31. The van der Waals surface area contributed by atoms with Crippen LogP contribution >= 0.6 is 0 Å². The van der Waals surface area contributed by atoms with Crippen molar-refractivity contribution in [2.24, 2.45) is 22.7 Å². The Morgan fingerprint density at radius 3 is 2.77 bits per heavy atom. The predicted molar refractivity (Wildman–Crippen MR) is 91.5 cm³/mol. The molecule has 0 radical (unpaired) electrons. The van der Waals surface area contributed by atoms with Crippen molar-refractivity contribution in [1.82, 2.24) is 0 Å². The lowest BCUT2D eigenvalue weighted by Crippen LogP contribution is -2.50. The van der Waals surface area contributed by atoms with Crippen molar-refractivity contribution in [2.75, 3.05) is 0 Å². The van der Waals surface area contributed by atoms with E-state index in [-0.39, 0.29) is 5.41 Å². The fourth-order valence-electron chi connectivity index (χ4n) is 6.73. The molecule has 0 unspecified atom stereocenters. The molecule has 122 valence electrons. The summed E-state index contributed by atoms with van der Waals surface area (Å²) in [6, 6.07) is 0. The first-order chi connectivity index (χ1) is 10.4. The van der Waals surface area contributed by atoms with E-state index in [4.69, 9.17) is 0 Å². The van der Waals surface area contributed by atoms with Gasteiger partial charge in [-0.2, -0.15) is 0 Å². The maximum atomic E-state index is 11.2. The van der Waals surface area contributed by atoms with E-state index < -0.39 is 5.60 Å². The molecule has 0 heterocycles. The molecule has 4 aliphatic carbocycles. The number of aliphatic hydroxyl groups is 1. The molecular weight excluding hydrogens is 268 g/mol. The second kappa shape index (κ2) is 4.72. The summed E-state index contributed by atoms with van der Waals surface area (Å²) in [5, 5.41) is 11.2. The Morgan fingerprint density at radius 2 is 2.00 bits per heavy atom. The Balaban J connectivity index is 1.76. The van der Waals surface area contributed by atoms with Crippen LogP contribution in [0, 0.1) is 22.7 Å². The molecular formula is C21H32O. The highest BCUT2D eigenvalue weighted by Gasteiger charge is 2.60. The largest absolute Gasteiger partial charge is 0.389 e. The minimum Gasteiger partial charge on any atom is -0.389 e. The molecule has 2 fully saturated rings. The van der Waals surface area contributed by atoms with Gasteiger partial charge in [0.15, 0.2) is 0 Å². The SMILES string of the molecule is CC[C@@]1(O)CC[C@H]2[C@@H]3CCC4=CCCC[C@]4(C)C3=CC[C@@]21C. The third-order valence-corrected chi connectivity index (χ3v) is 8.31. The standard InChI is InChI=1S/C21H32O/c1-4-21(22)14-11-18-16-9-8-15-7-5-6-12-19(15,2)17(16)10-13-20(18,21)3/h7,10,16,18,22H,4-6,8-9,11-14H2,1-3H3/t16-,18+,19+,20+,21-/m1/s1. The molecule has 0 aromatic carbocycles. The van der Waals surface area contributed by atoms with E-state index in [1.165, 1.54) is 38.5 Å². The summed E-state index contributed by atoms with van der Waals surface area (Å²) in [6.07, 6.45) is 16.0. The van der Waals surface area contributed by atoms with Crippen molar-refractivity contribution in [3.8, 4) is 0 Å². The van der Waals surface area contributed by atoms with Crippen LogP contribution in [0.5, 0.6) is 0 Å². The number of fused-ring (bicyclic) bond motifs is 5. The molecule has 2 saturated carbocycles. The monoisotopic (exact) mass is 300 g/mol. The lowest BCUT2D eigenvalue weighted by atomic mass is 9.50. The van der Waals surface area contributed by atoms with Crippen molar-refractivity contribution in [2.45, 2.75) is 84.2 Å². The third kappa shape index (κ3) is 1.70. The summed E-state index contributed by atoms with van der Waals surface area (Å²) >= 11 is 0. The molecule has 0 bridgehead atoms. The maximum absolute atomic E-state index is 11.2. The average Bonchev–Trinajstić information content (AvgIpc) is 2.79. The average molecular weight is 300 g/mol. The van der Waals surface area contributed by atoms with Crippen LogP contribution in [0.1, 0.15) is 78.6 Å². The van der Waals surface area contributed by atoms with E-state index in [1.807, 2.05) is 0 Å². The highest BCUT2D eigenvalue weighted by Crippen LogP contribution is 2.66. The normalized spacial score (nSPS) is 50.5. The van der Waals surface area contributed by atoms with Crippen LogP contribution in [-0.4, -0.2) is 10.7 Å². The number of allylic oxidation sites excluding steroid dienone is 4. The quantitative estimate of drug-likeness (QED) is 0.643. The van der Waals surface area contributed by atoms with Crippen LogP contribution in [0.4, 0.5) is 0 Å². The van der Waals surface area contributed by atoms with Gasteiger partial charge in [-0.1, -0.05) is 44.1 Å².